The fraction of sp³-hybridized carbons (Fsp3) is 0.167. The lowest BCUT2D eigenvalue weighted by Crippen LogP contribution is -2.16. The van der Waals surface area contributed by atoms with E-state index < -0.39 is 0 Å². The molecule has 6 heteroatoms. The molecule has 2 aromatic carbocycles. The molecule has 0 unspecified atom stereocenters. The summed E-state index contributed by atoms with van der Waals surface area (Å²) in [5.74, 6) is 0.436. The van der Waals surface area contributed by atoms with E-state index in [-0.39, 0.29) is 5.91 Å². The minimum atomic E-state index is -0.155. The highest BCUT2D eigenvalue weighted by molar-refractivity contribution is 7.16. The molecule has 120 valence electrons. The van der Waals surface area contributed by atoms with E-state index in [0.717, 1.165) is 34.2 Å². The highest BCUT2D eigenvalue weighted by atomic mass is 32.1. The maximum atomic E-state index is 12.6. The largest absolute Gasteiger partial charge is 0.310 e. The zero-order valence-corrected chi connectivity index (χ0v) is 14.0. The molecule has 0 saturated heterocycles. The van der Waals surface area contributed by atoms with E-state index in [1.54, 1.807) is 11.6 Å². The first-order chi connectivity index (χ1) is 11.8. The number of carbonyl (C=O) groups is 1. The Balaban J connectivity index is 1.70. The van der Waals surface area contributed by atoms with Gasteiger partial charge in [-0.3, -0.25) is 10.1 Å². The van der Waals surface area contributed by atoms with Crippen LogP contribution in [0.15, 0.2) is 48.0 Å². The molecule has 0 aliphatic heterocycles. The number of carbonyl (C=O) groups excluding carboxylic acids is 1. The maximum absolute atomic E-state index is 12.6. The minimum Gasteiger partial charge on any atom is -0.310 e. The molecule has 0 spiro atoms. The standard InChI is InChI=1S/C18H16N4OS/c1-2-9-22-15-6-4-3-5-13(15)20-18(22)21-17(23)12-7-8-14-16(10-12)24-11-19-14/h3-8,10-11H,2,9H2,1H3,(H,20,21,23). The van der Waals surface area contributed by atoms with E-state index >= 15 is 0 Å². The molecule has 0 aliphatic rings. The molecular weight excluding hydrogens is 320 g/mol. The Labute approximate surface area is 143 Å². The van der Waals surface area contributed by atoms with Crippen molar-refractivity contribution in [1.29, 1.82) is 0 Å². The van der Waals surface area contributed by atoms with Gasteiger partial charge in [-0.15, -0.1) is 11.3 Å². The molecule has 0 radical (unpaired) electrons. The second-order valence-corrected chi connectivity index (χ2v) is 6.45. The third kappa shape index (κ3) is 2.55. The van der Waals surface area contributed by atoms with Crippen molar-refractivity contribution in [3.63, 3.8) is 0 Å². The third-order valence-corrected chi connectivity index (χ3v) is 4.71. The summed E-state index contributed by atoms with van der Waals surface area (Å²) in [6, 6.07) is 13.5. The van der Waals surface area contributed by atoms with Gasteiger partial charge in [0.1, 0.15) is 0 Å². The van der Waals surface area contributed by atoms with Gasteiger partial charge in [0.05, 0.1) is 26.8 Å². The van der Waals surface area contributed by atoms with Gasteiger partial charge in [-0.2, -0.15) is 0 Å². The van der Waals surface area contributed by atoms with E-state index in [4.69, 9.17) is 0 Å². The van der Waals surface area contributed by atoms with Crippen LogP contribution in [0.3, 0.4) is 0 Å². The van der Waals surface area contributed by atoms with Crippen LogP contribution in [-0.4, -0.2) is 20.4 Å². The van der Waals surface area contributed by atoms with Crippen molar-refractivity contribution in [1.82, 2.24) is 14.5 Å². The van der Waals surface area contributed by atoms with Crippen LogP contribution < -0.4 is 5.32 Å². The number of nitrogens with zero attached hydrogens (tertiary/aromatic N) is 3. The van der Waals surface area contributed by atoms with Gasteiger partial charge in [-0.05, 0) is 36.8 Å². The van der Waals surface area contributed by atoms with Crippen LogP contribution in [0.1, 0.15) is 23.7 Å². The number of aryl methyl sites for hydroxylation is 1. The van der Waals surface area contributed by atoms with Crippen LogP contribution >= 0.6 is 11.3 Å². The molecule has 2 heterocycles. The molecular formula is C18H16N4OS. The normalized spacial score (nSPS) is 11.2. The van der Waals surface area contributed by atoms with Crippen molar-refractivity contribution in [3.05, 3.63) is 53.5 Å². The molecule has 0 saturated carbocycles. The van der Waals surface area contributed by atoms with Crippen molar-refractivity contribution in [2.75, 3.05) is 5.32 Å². The summed E-state index contributed by atoms with van der Waals surface area (Å²) in [4.78, 5) is 21.4. The molecule has 1 N–H and O–H groups in total. The molecule has 0 bridgehead atoms. The molecule has 2 aromatic heterocycles. The lowest BCUT2D eigenvalue weighted by molar-refractivity contribution is 0.102. The Morgan fingerprint density at radius 2 is 2.08 bits per heavy atom. The van der Waals surface area contributed by atoms with Gasteiger partial charge >= 0.3 is 0 Å². The number of aromatic nitrogens is 3. The first kappa shape index (κ1) is 14.8. The van der Waals surface area contributed by atoms with Crippen molar-refractivity contribution >= 4 is 44.4 Å². The summed E-state index contributed by atoms with van der Waals surface area (Å²) in [5.41, 5.74) is 5.23. The van der Waals surface area contributed by atoms with Crippen LogP contribution in [-0.2, 0) is 6.54 Å². The number of rotatable bonds is 4. The zero-order chi connectivity index (χ0) is 16.5. The summed E-state index contributed by atoms with van der Waals surface area (Å²) in [6.45, 7) is 2.92. The predicted molar refractivity (Wildman–Crippen MR) is 97.6 cm³/mol. The van der Waals surface area contributed by atoms with Crippen molar-refractivity contribution in [2.24, 2.45) is 0 Å². The third-order valence-electron chi connectivity index (χ3n) is 3.92. The van der Waals surface area contributed by atoms with Gasteiger partial charge in [-0.25, -0.2) is 9.97 Å². The molecule has 24 heavy (non-hydrogen) atoms. The number of imidazole rings is 1. The fourth-order valence-electron chi connectivity index (χ4n) is 2.79. The van der Waals surface area contributed by atoms with Gasteiger partial charge in [-0.1, -0.05) is 19.1 Å². The zero-order valence-electron chi connectivity index (χ0n) is 13.2. The Kier molecular flexibility index (Phi) is 3.74. The highest BCUT2D eigenvalue weighted by Crippen LogP contribution is 2.22. The minimum absolute atomic E-state index is 0.155. The summed E-state index contributed by atoms with van der Waals surface area (Å²) in [7, 11) is 0. The smallest absolute Gasteiger partial charge is 0.258 e. The number of anilines is 1. The summed E-state index contributed by atoms with van der Waals surface area (Å²) in [5, 5.41) is 2.96. The van der Waals surface area contributed by atoms with E-state index in [2.05, 4.69) is 26.8 Å². The van der Waals surface area contributed by atoms with Crippen LogP contribution in [0, 0.1) is 0 Å². The topological polar surface area (TPSA) is 59.8 Å². The molecule has 0 aliphatic carbocycles. The number of para-hydroxylation sites is 2. The Hall–Kier alpha value is -2.73. The van der Waals surface area contributed by atoms with Crippen molar-refractivity contribution in [3.8, 4) is 0 Å². The predicted octanol–water partition coefficient (Wildman–Crippen LogP) is 4.31. The average molecular weight is 336 g/mol. The number of amides is 1. The number of nitrogens with one attached hydrogen (secondary N) is 1. The fourth-order valence-corrected chi connectivity index (χ4v) is 3.51. The summed E-state index contributed by atoms with van der Waals surface area (Å²) in [6.07, 6.45) is 0.968. The van der Waals surface area contributed by atoms with Crippen LogP contribution in [0.4, 0.5) is 5.95 Å². The molecule has 4 rings (SSSR count). The van der Waals surface area contributed by atoms with Crippen molar-refractivity contribution < 1.29 is 4.79 Å². The van der Waals surface area contributed by atoms with Crippen LogP contribution in [0.2, 0.25) is 0 Å². The maximum Gasteiger partial charge on any atom is 0.258 e. The van der Waals surface area contributed by atoms with E-state index in [0.29, 0.717) is 11.5 Å². The number of fused-ring (bicyclic) bond motifs is 2. The average Bonchev–Trinajstić information content (AvgIpc) is 3.19. The highest BCUT2D eigenvalue weighted by Gasteiger charge is 2.14. The lowest BCUT2D eigenvalue weighted by atomic mass is 10.2. The molecule has 0 atom stereocenters. The van der Waals surface area contributed by atoms with E-state index in [1.807, 2.05) is 36.4 Å². The Morgan fingerprint density at radius 3 is 2.96 bits per heavy atom. The van der Waals surface area contributed by atoms with E-state index in [1.165, 1.54) is 11.3 Å². The molecule has 5 nitrogen and oxygen atoms in total. The van der Waals surface area contributed by atoms with Gasteiger partial charge in [0.25, 0.3) is 5.91 Å². The monoisotopic (exact) mass is 336 g/mol. The summed E-state index contributed by atoms with van der Waals surface area (Å²) >= 11 is 1.53. The first-order valence-corrected chi connectivity index (χ1v) is 8.74. The number of hydrogen-bond donors (Lipinski definition) is 1. The van der Waals surface area contributed by atoms with Crippen LogP contribution in [0.5, 0.6) is 0 Å². The van der Waals surface area contributed by atoms with Gasteiger partial charge in [0, 0.05) is 12.1 Å². The SMILES string of the molecule is CCCn1c(NC(=O)c2ccc3ncsc3c2)nc2ccccc21. The second-order valence-electron chi connectivity index (χ2n) is 5.56. The summed E-state index contributed by atoms with van der Waals surface area (Å²) < 4.78 is 3.06. The number of hydrogen-bond acceptors (Lipinski definition) is 4. The van der Waals surface area contributed by atoms with Gasteiger partial charge < -0.3 is 4.57 Å². The van der Waals surface area contributed by atoms with Gasteiger partial charge in [0.15, 0.2) is 0 Å². The Bertz CT molecular complexity index is 1030. The van der Waals surface area contributed by atoms with Crippen LogP contribution in [0.25, 0.3) is 21.3 Å². The second kappa shape index (κ2) is 6.05. The first-order valence-electron chi connectivity index (χ1n) is 7.86. The van der Waals surface area contributed by atoms with E-state index in [9.17, 15) is 4.79 Å². The molecule has 1 amide bonds. The number of benzene rings is 2. The van der Waals surface area contributed by atoms with Crippen molar-refractivity contribution in [2.45, 2.75) is 19.9 Å². The number of thiazole rings is 1. The molecule has 4 aromatic rings. The molecule has 0 fully saturated rings. The lowest BCUT2D eigenvalue weighted by Gasteiger charge is -2.09. The van der Waals surface area contributed by atoms with Gasteiger partial charge in [0.2, 0.25) is 5.95 Å². The quantitative estimate of drug-likeness (QED) is 0.604. The Morgan fingerprint density at radius 1 is 1.21 bits per heavy atom.